The lowest BCUT2D eigenvalue weighted by atomic mass is 10.4. The molecule has 0 spiro atoms. The summed E-state index contributed by atoms with van der Waals surface area (Å²) in [7, 11) is 2.22. The zero-order chi connectivity index (χ0) is 10.3. The van der Waals surface area contributed by atoms with Gasteiger partial charge in [-0.15, -0.1) is 18.5 Å². The number of hydrogen-bond donors (Lipinski definition) is 0. The molecule has 0 aliphatic carbocycles. The van der Waals surface area contributed by atoms with Crippen molar-refractivity contribution < 1.29 is 8.42 Å². The molecule has 0 saturated heterocycles. The Morgan fingerprint density at radius 2 is 1.46 bits per heavy atom. The second-order valence-corrected chi connectivity index (χ2v) is 6.08. The lowest BCUT2D eigenvalue weighted by Crippen LogP contribution is -2.32. The lowest BCUT2D eigenvalue weighted by molar-refractivity contribution is 0.416. The topological polar surface area (TPSA) is 37.4 Å². The average molecular weight is 243 g/mol. The van der Waals surface area contributed by atoms with Crippen molar-refractivity contribution in [2.45, 2.75) is 12.8 Å². The molecule has 0 bridgehead atoms. The highest BCUT2D eigenvalue weighted by Crippen LogP contribution is 2.03. The fourth-order valence-electron chi connectivity index (χ4n) is 0.979. The largest absolute Gasteiger partial charge is 0.213 e. The quantitative estimate of drug-likeness (QED) is 0.620. The minimum atomic E-state index is -2.99. The van der Waals surface area contributed by atoms with Crippen LogP contribution in [0.1, 0.15) is 12.8 Å². The van der Waals surface area contributed by atoms with E-state index in [1.165, 1.54) is 6.26 Å². The van der Waals surface area contributed by atoms with Gasteiger partial charge in [-0.2, -0.15) is 0 Å². The standard InChI is InChI=1S/C7H19NO2P2S/c1-13(9,10)8(4-2-6-11)5-3-7-12/h2-7,11-12H2,1H3. The van der Waals surface area contributed by atoms with Crippen LogP contribution in [0, 0.1) is 0 Å². The van der Waals surface area contributed by atoms with Gasteiger partial charge < -0.3 is 0 Å². The van der Waals surface area contributed by atoms with Gasteiger partial charge in [0, 0.05) is 13.1 Å². The van der Waals surface area contributed by atoms with Crippen LogP contribution in [0.3, 0.4) is 0 Å². The van der Waals surface area contributed by atoms with E-state index in [-0.39, 0.29) is 0 Å². The van der Waals surface area contributed by atoms with Crippen LogP contribution >= 0.6 is 18.5 Å². The minimum absolute atomic E-state index is 0.646. The zero-order valence-corrected chi connectivity index (χ0v) is 11.2. The van der Waals surface area contributed by atoms with Crippen molar-refractivity contribution >= 4 is 28.5 Å². The minimum Gasteiger partial charge on any atom is -0.213 e. The molecular formula is C7H19NO2P2S. The van der Waals surface area contributed by atoms with Crippen LogP contribution in [0.4, 0.5) is 0 Å². The highest BCUT2D eigenvalue weighted by atomic mass is 32.2. The number of sulfonamides is 1. The summed E-state index contributed by atoms with van der Waals surface area (Å²) in [5.74, 6) is 0. The summed E-state index contributed by atoms with van der Waals surface area (Å²) in [6, 6.07) is 0. The third kappa shape index (κ3) is 6.79. The van der Waals surface area contributed by atoms with Gasteiger partial charge in [-0.1, -0.05) is 0 Å². The molecule has 0 fully saturated rings. The average Bonchev–Trinajstić information content (AvgIpc) is 2.02. The van der Waals surface area contributed by atoms with E-state index in [9.17, 15) is 8.42 Å². The molecule has 0 heterocycles. The van der Waals surface area contributed by atoms with Crippen LogP contribution in [-0.4, -0.2) is 44.4 Å². The Hall–Kier alpha value is 0.770. The summed E-state index contributed by atoms with van der Waals surface area (Å²) in [5.41, 5.74) is 0. The molecule has 0 aromatic carbocycles. The Labute approximate surface area is 86.1 Å². The molecule has 2 atom stereocenters. The maximum atomic E-state index is 11.3. The first kappa shape index (κ1) is 13.8. The molecule has 0 radical (unpaired) electrons. The normalized spacial score (nSPS) is 12.3. The van der Waals surface area contributed by atoms with E-state index in [0.717, 1.165) is 25.2 Å². The summed E-state index contributed by atoms with van der Waals surface area (Å²) in [6.07, 6.45) is 5.00. The molecule has 0 rings (SSSR count). The molecule has 13 heavy (non-hydrogen) atoms. The summed E-state index contributed by atoms with van der Waals surface area (Å²) < 4.78 is 24.1. The van der Waals surface area contributed by atoms with Crippen molar-refractivity contribution in [1.82, 2.24) is 4.31 Å². The van der Waals surface area contributed by atoms with Gasteiger partial charge in [0.2, 0.25) is 10.0 Å². The van der Waals surface area contributed by atoms with Crippen molar-refractivity contribution in [2.75, 3.05) is 31.7 Å². The SMILES string of the molecule is CS(=O)(=O)N(CCCP)CCCP. The van der Waals surface area contributed by atoms with Crippen molar-refractivity contribution in [3.63, 3.8) is 0 Å². The van der Waals surface area contributed by atoms with Crippen LogP contribution in [0.5, 0.6) is 0 Å². The molecule has 0 aliphatic heterocycles. The number of hydrogen-bond acceptors (Lipinski definition) is 2. The summed E-state index contributed by atoms with van der Waals surface area (Å²) >= 11 is 0. The van der Waals surface area contributed by atoms with E-state index >= 15 is 0 Å². The zero-order valence-electron chi connectivity index (χ0n) is 8.07. The van der Waals surface area contributed by atoms with Crippen molar-refractivity contribution in [2.24, 2.45) is 0 Å². The van der Waals surface area contributed by atoms with Gasteiger partial charge in [0.05, 0.1) is 6.26 Å². The second kappa shape index (κ2) is 7.11. The van der Waals surface area contributed by atoms with Crippen LogP contribution in [0.15, 0.2) is 0 Å². The third-order valence-electron chi connectivity index (χ3n) is 1.69. The highest BCUT2D eigenvalue weighted by molar-refractivity contribution is 7.88. The second-order valence-electron chi connectivity index (χ2n) is 2.95. The molecule has 0 aliphatic rings. The van der Waals surface area contributed by atoms with Crippen LogP contribution in [0.25, 0.3) is 0 Å². The molecule has 0 amide bonds. The van der Waals surface area contributed by atoms with Gasteiger partial charge in [0.1, 0.15) is 0 Å². The first-order valence-electron chi connectivity index (χ1n) is 4.37. The fourth-order valence-corrected chi connectivity index (χ4v) is 2.27. The van der Waals surface area contributed by atoms with Crippen molar-refractivity contribution in [3.05, 3.63) is 0 Å². The van der Waals surface area contributed by atoms with E-state index < -0.39 is 10.0 Å². The van der Waals surface area contributed by atoms with Crippen molar-refractivity contribution in [3.8, 4) is 0 Å². The Bertz CT molecular complexity index is 211. The van der Waals surface area contributed by atoms with Crippen LogP contribution < -0.4 is 0 Å². The first-order chi connectivity index (χ1) is 6.02. The van der Waals surface area contributed by atoms with Gasteiger partial charge in [0.25, 0.3) is 0 Å². The van der Waals surface area contributed by atoms with Crippen LogP contribution in [0.2, 0.25) is 0 Å². The summed E-state index contributed by atoms with van der Waals surface area (Å²) in [6.45, 7) is 1.29. The Morgan fingerprint density at radius 3 is 1.69 bits per heavy atom. The Kier molecular flexibility index (Phi) is 7.53. The van der Waals surface area contributed by atoms with E-state index in [2.05, 4.69) is 18.5 Å². The van der Waals surface area contributed by atoms with E-state index in [0.29, 0.717) is 13.1 Å². The molecule has 2 unspecified atom stereocenters. The lowest BCUT2D eigenvalue weighted by Gasteiger charge is -2.18. The monoisotopic (exact) mass is 243 g/mol. The fraction of sp³-hybridized carbons (Fsp3) is 1.00. The smallest absolute Gasteiger partial charge is 0.211 e. The molecule has 80 valence electrons. The van der Waals surface area contributed by atoms with Gasteiger partial charge in [-0.05, 0) is 25.2 Å². The number of rotatable bonds is 7. The molecular weight excluding hydrogens is 224 g/mol. The predicted octanol–water partition coefficient (Wildman–Crippen LogP) is 0.778. The molecule has 3 nitrogen and oxygen atoms in total. The number of nitrogens with zero attached hydrogens (tertiary/aromatic N) is 1. The van der Waals surface area contributed by atoms with Crippen molar-refractivity contribution in [1.29, 1.82) is 0 Å². The van der Waals surface area contributed by atoms with Gasteiger partial charge >= 0.3 is 0 Å². The molecule has 6 heteroatoms. The molecule has 0 N–H and O–H groups in total. The third-order valence-corrected chi connectivity index (χ3v) is 3.81. The predicted molar refractivity (Wildman–Crippen MR) is 64.8 cm³/mol. The Morgan fingerprint density at radius 1 is 1.08 bits per heavy atom. The summed E-state index contributed by atoms with van der Waals surface area (Å²) in [5, 5.41) is 0. The first-order valence-corrected chi connectivity index (χ1v) is 7.85. The highest BCUT2D eigenvalue weighted by Gasteiger charge is 2.14. The van der Waals surface area contributed by atoms with Crippen LogP contribution in [-0.2, 0) is 10.0 Å². The summed E-state index contributed by atoms with van der Waals surface area (Å²) in [4.78, 5) is 0. The maximum Gasteiger partial charge on any atom is 0.211 e. The molecule has 0 aromatic rings. The van der Waals surface area contributed by atoms with Gasteiger partial charge in [0.15, 0.2) is 0 Å². The molecule has 0 aromatic heterocycles. The van der Waals surface area contributed by atoms with E-state index in [4.69, 9.17) is 0 Å². The Balaban J connectivity index is 4.04. The van der Waals surface area contributed by atoms with E-state index in [1.54, 1.807) is 4.31 Å². The van der Waals surface area contributed by atoms with Gasteiger partial charge in [-0.25, -0.2) is 12.7 Å². The molecule has 0 saturated carbocycles. The van der Waals surface area contributed by atoms with Gasteiger partial charge in [-0.3, -0.25) is 0 Å². The van der Waals surface area contributed by atoms with E-state index in [1.807, 2.05) is 0 Å². The maximum absolute atomic E-state index is 11.3.